The van der Waals surface area contributed by atoms with Crippen LogP contribution in [0.1, 0.15) is 6.42 Å². The maximum atomic E-state index is 6.13. The molecule has 0 spiro atoms. The Morgan fingerprint density at radius 2 is 1.31 bits per heavy atom. The fraction of sp³-hybridized carbons (Fsp3) is 0.429. The second kappa shape index (κ2) is 4.38. The molecule has 0 fully saturated rings. The molecule has 74 valence electrons. The summed E-state index contributed by atoms with van der Waals surface area (Å²) >= 11 is 35.0. The quantitative estimate of drug-likeness (QED) is 0.631. The van der Waals surface area contributed by atoms with Gasteiger partial charge in [0.05, 0.1) is 20.1 Å². The molecular weight excluding hydrogens is 297 g/mol. The van der Waals surface area contributed by atoms with Gasteiger partial charge in [-0.2, -0.15) is 0 Å². The number of allylic oxidation sites excluding steroid dienone is 4. The van der Waals surface area contributed by atoms with Crippen LogP contribution >= 0.6 is 69.6 Å². The van der Waals surface area contributed by atoms with Gasteiger partial charge < -0.3 is 0 Å². The van der Waals surface area contributed by atoms with Gasteiger partial charge in [-0.15, -0.1) is 23.2 Å². The molecule has 0 unspecified atom stereocenters. The third-order valence-electron chi connectivity index (χ3n) is 1.71. The first-order valence-electron chi connectivity index (χ1n) is 3.32. The number of halogens is 6. The zero-order valence-electron chi connectivity index (χ0n) is 6.18. The van der Waals surface area contributed by atoms with Crippen LogP contribution in [0.25, 0.3) is 0 Å². The van der Waals surface area contributed by atoms with Gasteiger partial charge >= 0.3 is 0 Å². The second-order valence-electron chi connectivity index (χ2n) is 2.50. The molecule has 0 aromatic rings. The number of rotatable bonds is 2. The van der Waals surface area contributed by atoms with Gasteiger partial charge in [0.1, 0.15) is 4.87 Å². The maximum absolute atomic E-state index is 6.13. The standard InChI is InChI=1S/C7H4Cl6/c8-2-1-7(13)5(11)3(9)4(10)6(7)12/h1-2H2. The molecule has 0 amide bonds. The van der Waals surface area contributed by atoms with Crippen LogP contribution in [0, 0.1) is 0 Å². The lowest BCUT2D eigenvalue weighted by molar-refractivity contribution is 0.804. The molecule has 0 radical (unpaired) electrons. The van der Waals surface area contributed by atoms with Crippen LogP contribution in [0.5, 0.6) is 0 Å². The Morgan fingerprint density at radius 1 is 0.923 bits per heavy atom. The minimum atomic E-state index is -1.03. The fourth-order valence-corrected chi connectivity index (χ4v) is 2.97. The summed E-state index contributed by atoms with van der Waals surface area (Å²) in [5, 5.41) is 0.889. The summed E-state index contributed by atoms with van der Waals surface area (Å²) in [7, 11) is 0. The molecule has 0 heterocycles. The number of hydrogen-bond donors (Lipinski definition) is 0. The Labute approximate surface area is 106 Å². The van der Waals surface area contributed by atoms with Gasteiger partial charge in [-0.1, -0.05) is 46.4 Å². The van der Waals surface area contributed by atoms with Crippen molar-refractivity contribution in [2.24, 2.45) is 0 Å². The van der Waals surface area contributed by atoms with Gasteiger partial charge in [0, 0.05) is 5.88 Å². The smallest absolute Gasteiger partial charge is 0.120 e. The fourth-order valence-electron chi connectivity index (χ4n) is 0.987. The molecule has 0 N–H and O–H groups in total. The van der Waals surface area contributed by atoms with Crippen LogP contribution in [-0.4, -0.2) is 10.8 Å². The van der Waals surface area contributed by atoms with Crippen molar-refractivity contribution in [2.75, 3.05) is 5.88 Å². The van der Waals surface area contributed by atoms with Crippen molar-refractivity contribution in [3.63, 3.8) is 0 Å². The second-order valence-corrected chi connectivity index (χ2v) is 5.03. The van der Waals surface area contributed by atoms with E-state index in [4.69, 9.17) is 69.6 Å². The monoisotopic (exact) mass is 298 g/mol. The molecule has 0 atom stereocenters. The molecule has 13 heavy (non-hydrogen) atoms. The van der Waals surface area contributed by atoms with Crippen LogP contribution in [0.15, 0.2) is 20.1 Å². The van der Waals surface area contributed by atoms with Crippen molar-refractivity contribution in [3.05, 3.63) is 20.1 Å². The number of alkyl halides is 2. The van der Waals surface area contributed by atoms with Crippen molar-refractivity contribution >= 4 is 69.6 Å². The van der Waals surface area contributed by atoms with Crippen LogP contribution in [0.2, 0.25) is 0 Å². The van der Waals surface area contributed by atoms with E-state index in [-0.39, 0.29) is 20.1 Å². The van der Waals surface area contributed by atoms with Gasteiger partial charge in [0.15, 0.2) is 0 Å². The van der Waals surface area contributed by atoms with Crippen LogP contribution in [0.3, 0.4) is 0 Å². The van der Waals surface area contributed by atoms with Crippen LogP contribution < -0.4 is 0 Å². The molecule has 0 bridgehead atoms. The summed E-state index contributed by atoms with van der Waals surface area (Å²) in [5.41, 5.74) is 0. The summed E-state index contributed by atoms with van der Waals surface area (Å²) < 4.78 is 0. The molecule has 1 aliphatic carbocycles. The minimum Gasteiger partial charge on any atom is -0.127 e. The Morgan fingerprint density at radius 3 is 1.62 bits per heavy atom. The molecule has 0 saturated carbocycles. The Balaban J connectivity index is 3.14. The van der Waals surface area contributed by atoms with E-state index in [9.17, 15) is 0 Å². The average Bonchev–Trinajstić information content (AvgIpc) is 2.23. The summed E-state index contributed by atoms with van der Waals surface area (Å²) in [6.07, 6.45) is 0.389. The highest BCUT2D eigenvalue weighted by Crippen LogP contribution is 2.53. The SMILES string of the molecule is ClCCC1(Cl)C(Cl)=C(Cl)C(Cl)=C1Cl. The molecule has 0 nitrogen and oxygen atoms in total. The topological polar surface area (TPSA) is 0 Å². The predicted octanol–water partition coefficient (Wildman–Crippen LogP) is 4.98. The highest BCUT2D eigenvalue weighted by Gasteiger charge is 2.43. The van der Waals surface area contributed by atoms with Gasteiger partial charge in [-0.05, 0) is 6.42 Å². The van der Waals surface area contributed by atoms with E-state index in [1.807, 2.05) is 0 Å². The first kappa shape index (κ1) is 12.3. The zero-order chi connectivity index (χ0) is 10.2. The van der Waals surface area contributed by atoms with E-state index in [2.05, 4.69) is 0 Å². The predicted molar refractivity (Wildman–Crippen MR) is 61.4 cm³/mol. The highest BCUT2D eigenvalue weighted by atomic mass is 35.5. The summed E-state index contributed by atoms with van der Waals surface area (Å²) in [5.74, 6) is 0.324. The van der Waals surface area contributed by atoms with Gasteiger partial charge in [-0.25, -0.2) is 0 Å². The summed E-state index contributed by atoms with van der Waals surface area (Å²) in [4.78, 5) is -1.03. The van der Waals surface area contributed by atoms with Gasteiger partial charge in [0.2, 0.25) is 0 Å². The largest absolute Gasteiger partial charge is 0.127 e. The Hall–Kier alpha value is 1.22. The molecule has 0 aromatic carbocycles. The van der Waals surface area contributed by atoms with Crippen molar-refractivity contribution in [2.45, 2.75) is 11.3 Å². The van der Waals surface area contributed by atoms with E-state index >= 15 is 0 Å². The molecule has 1 aliphatic rings. The van der Waals surface area contributed by atoms with E-state index in [1.165, 1.54) is 0 Å². The maximum Gasteiger partial charge on any atom is 0.120 e. The third kappa shape index (κ3) is 1.95. The molecule has 6 heteroatoms. The van der Waals surface area contributed by atoms with E-state index in [0.29, 0.717) is 12.3 Å². The molecule has 0 aromatic heterocycles. The Kier molecular flexibility index (Phi) is 4.14. The molecule has 1 rings (SSSR count). The number of hydrogen-bond acceptors (Lipinski definition) is 0. The van der Waals surface area contributed by atoms with Crippen LogP contribution in [-0.2, 0) is 0 Å². The van der Waals surface area contributed by atoms with E-state index < -0.39 is 4.87 Å². The van der Waals surface area contributed by atoms with Crippen molar-refractivity contribution < 1.29 is 0 Å². The Bertz CT molecular complexity index is 265. The molecule has 0 aliphatic heterocycles. The molecular formula is C7H4Cl6. The van der Waals surface area contributed by atoms with Gasteiger partial charge in [-0.3, -0.25) is 0 Å². The highest BCUT2D eigenvalue weighted by molar-refractivity contribution is 6.58. The third-order valence-corrected chi connectivity index (χ3v) is 4.73. The molecule has 0 saturated heterocycles. The summed E-state index contributed by atoms with van der Waals surface area (Å²) in [6.45, 7) is 0. The lowest BCUT2D eigenvalue weighted by Gasteiger charge is -2.20. The van der Waals surface area contributed by atoms with Gasteiger partial charge in [0.25, 0.3) is 0 Å². The lowest BCUT2D eigenvalue weighted by atomic mass is 10.1. The van der Waals surface area contributed by atoms with Crippen molar-refractivity contribution in [1.82, 2.24) is 0 Å². The summed E-state index contributed by atoms with van der Waals surface area (Å²) in [6, 6.07) is 0. The lowest BCUT2D eigenvalue weighted by Crippen LogP contribution is -2.20. The van der Waals surface area contributed by atoms with Crippen molar-refractivity contribution in [3.8, 4) is 0 Å². The first-order valence-corrected chi connectivity index (χ1v) is 5.74. The van der Waals surface area contributed by atoms with E-state index in [1.54, 1.807) is 0 Å². The van der Waals surface area contributed by atoms with Crippen LogP contribution in [0.4, 0.5) is 0 Å². The van der Waals surface area contributed by atoms with E-state index in [0.717, 1.165) is 0 Å². The minimum absolute atomic E-state index is 0.202. The average molecular weight is 301 g/mol. The zero-order valence-corrected chi connectivity index (χ0v) is 10.7. The first-order chi connectivity index (χ1) is 5.95. The van der Waals surface area contributed by atoms with Crippen molar-refractivity contribution in [1.29, 1.82) is 0 Å². The normalized spacial score (nSPS) is 21.7.